The first kappa shape index (κ1) is 16.4. The van der Waals surface area contributed by atoms with Crippen molar-refractivity contribution in [1.82, 2.24) is 14.9 Å². The number of nitrogens with zero attached hydrogens (tertiary/aromatic N) is 3. The molecular formula is C17H17N5O3. The Hall–Kier alpha value is -3.42. The molecule has 3 aromatic rings. The number of aryl methyl sites for hydroxylation is 1. The number of hydrogen-bond acceptors (Lipinski definition) is 5. The van der Waals surface area contributed by atoms with Crippen LogP contribution in [0.15, 0.2) is 53.3 Å². The van der Waals surface area contributed by atoms with E-state index in [1.54, 1.807) is 67.3 Å². The molecule has 1 aromatic carbocycles. The SMILES string of the molecule is Cc1cc(C(=O)Nc2cccc(NC(=O)C(C)n3cccn3)c2)on1. The minimum absolute atomic E-state index is 0.124. The molecule has 8 heteroatoms. The summed E-state index contributed by atoms with van der Waals surface area (Å²) in [5, 5.41) is 13.2. The standard InChI is InChI=1S/C17H17N5O3/c1-11-9-15(25-21-11)17(24)20-14-6-3-5-13(10-14)19-16(23)12(2)22-8-4-7-18-22/h3-10,12H,1-2H3,(H,19,23)(H,20,24). The van der Waals surface area contributed by atoms with Crippen molar-refractivity contribution in [3.63, 3.8) is 0 Å². The summed E-state index contributed by atoms with van der Waals surface area (Å²) in [6.07, 6.45) is 3.34. The summed E-state index contributed by atoms with van der Waals surface area (Å²) in [4.78, 5) is 24.4. The van der Waals surface area contributed by atoms with Crippen LogP contribution in [0.2, 0.25) is 0 Å². The number of benzene rings is 1. The smallest absolute Gasteiger partial charge is 0.294 e. The average molecular weight is 339 g/mol. The lowest BCUT2D eigenvalue weighted by atomic mass is 10.2. The van der Waals surface area contributed by atoms with E-state index in [2.05, 4.69) is 20.9 Å². The molecular weight excluding hydrogens is 322 g/mol. The number of carbonyl (C=O) groups is 2. The van der Waals surface area contributed by atoms with E-state index in [-0.39, 0.29) is 11.7 Å². The highest BCUT2D eigenvalue weighted by molar-refractivity contribution is 6.02. The van der Waals surface area contributed by atoms with Crippen molar-refractivity contribution >= 4 is 23.2 Å². The van der Waals surface area contributed by atoms with E-state index in [1.807, 2.05) is 0 Å². The average Bonchev–Trinajstić information content (AvgIpc) is 3.26. The Kier molecular flexibility index (Phi) is 4.60. The molecule has 0 bridgehead atoms. The fraction of sp³-hybridized carbons (Fsp3) is 0.176. The van der Waals surface area contributed by atoms with Crippen molar-refractivity contribution < 1.29 is 14.1 Å². The van der Waals surface area contributed by atoms with Gasteiger partial charge in [-0.25, -0.2) is 0 Å². The van der Waals surface area contributed by atoms with Crippen molar-refractivity contribution in [3.05, 3.63) is 60.2 Å². The van der Waals surface area contributed by atoms with Crippen LogP contribution in [-0.2, 0) is 4.79 Å². The Morgan fingerprint density at radius 3 is 2.56 bits per heavy atom. The topological polar surface area (TPSA) is 102 Å². The maximum Gasteiger partial charge on any atom is 0.294 e. The molecule has 0 fully saturated rings. The number of hydrogen-bond donors (Lipinski definition) is 2. The summed E-state index contributed by atoms with van der Waals surface area (Å²) < 4.78 is 6.49. The Balaban J connectivity index is 1.67. The molecule has 8 nitrogen and oxygen atoms in total. The number of carbonyl (C=O) groups excluding carboxylic acids is 2. The third kappa shape index (κ3) is 3.92. The molecule has 0 saturated heterocycles. The minimum Gasteiger partial charge on any atom is -0.351 e. The number of anilines is 2. The maximum absolute atomic E-state index is 12.3. The molecule has 128 valence electrons. The number of amides is 2. The van der Waals surface area contributed by atoms with Gasteiger partial charge in [0.2, 0.25) is 11.7 Å². The molecule has 25 heavy (non-hydrogen) atoms. The molecule has 0 radical (unpaired) electrons. The Bertz CT molecular complexity index is 885. The van der Waals surface area contributed by atoms with Crippen LogP contribution >= 0.6 is 0 Å². The predicted molar refractivity (Wildman–Crippen MR) is 91.2 cm³/mol. The van der Waals surface area contributed by atoms with Gasteiger partial charge in [-0.2, -0.15) is 5.10 Å². The number of aromatic nitrogens is 3. The van der Waals surface area contributed by atoms with Gasteiger partial charge in [-0.05, 0) is 38.1 Å². The monoisotopic (exact) mass is 339 g/mol. The molecule has 0 aliphatic carbocycles. The Labute approximate surface area is 143 Å². The molecule has 0 spiro atoms. The minimum atomic E-state index is -0.453. The van der Waals surface area contributed by atoms with Crippen LogP contribution in [0, 0.1) is 6.92 Å². The summed E-state index contributed by atoms with van der Waals surface area (Å²) in [5.74, 6) is -0.494. The highest BCUT2D eigenvalue weighted by Gasteiger charge is 2.16. The van der Waals surface area contributed by atoms with Gasteiger partial charge >= 0.3 is 0 Å². The van der Waals surface area contributed by atoms with E-state index in [0.29, 0.717) is 17.1 Å². The van der Waals surface area contributed by atoms with Gasteiger partial charge in [0.1, 0.15) is 6.04 Å². The third-order valence-electron chi connectivity index (χ3n) is 3.54. The summed E-state index contributed by atoms with van der Waals surface area (Å²) in [5.41, 5.74) is 1.72. The highest BCUT2D eigenvalue weighted by Crippen LogP contribution is 2.18. The summed E-state index contributed by atoms with van der Waals surface area (Å²) >= 11 is 0. The number of rotatable bonds is 5. The van der Waals surface area contributed by atoms with Crippen molar-refractivity contribution in [2.75, 3.05) is 10.6 Å². The molecule has 3 rings (SSSR count). The van der Waals surface area contributed by atoms with E-state index >= 15 is 0 Å². The molecule has 2 heterocycles. The molecule has 1 atom stereocenters. The van der Waals surface area contributed by atoms with E-state index in [9.17, 15) is 9.59 Å². The zero-order chi connectivity index (χ0) is 17.8. The van der Waals surface area contributed by atoms with Crippen LogP contribution < -0.4 is 10.6 Å². The molecule has 2 amide bonds. The second-order valence-electron chi connectivity index (χ2n) is 5.52. The summed E-state index contributed by atoms with van der Waals surface area (Å²) in [7, 11) is 0. The normalized spacial score (nSPS) is 11.8. The first-order valence-corrected chi connectivity index (χ1v) is 7.67. The van der Waals surface area contributed by atoms with Gasteiger partial charge in [0.15, 0.2) is 0 Å². The lowest BCUT2D eigenvalue weighted by molar-refractivity contribution is -0.119. The largest absolute Gasteiger partial charge is 0.351 e. The van der Waals surface area contributed by atoms with E-state index in [0.717, 1.165) is 0 Å². The molecule has 0 saturated carbocycles. The quantitative estimate of drug-likeness (QED) is 0.744. The predicted octanol–water partition coefficient (Wildman–Crippen LogP) is 2.63. The molecule has 0 aliphatic rings. The van der Waals surface area contributed by atoms with Crippen LogP contribution in [0.5, 0.6) is 0 Å². The fourth-order valence-electron chi connectivity index (χ4n) is 2.21. The van der Waals surface area contributed by atoms with Crippen molar-refractivity contribution in [3.8, 4) is 0 Å². The maximum atomic E-state index is 12.3. The van der Waals surface area contributed by atoms with Crippen LogP contribution in [0.3, 0.4) is 0 Å². The van der Waals surface area contributed by atoms with Crippen LogP contribution in [-0.4, -0.2) is 26.8 Å². The lowest BCUT2D eigenvalue weighted by Gasteiger charge is -2.13. The zero-order valence-electron chi connectivity index (χ0n) is 13.8. The Morgan fingerprint density at radius 2 is 1.92 bits per heavy atom. The van der Waals surface area contributed by atoms with E-state index < -0.39 is 11.9 Å². The van der Waals surface area contributed by atoms with Crippen molar-refractivity contribution in [2.45, 2.75) is 19.9 Å². The van der Waals surface area contributed by atoms with Crippen LogP contribution in [0.25, 0.3) is 0 Å². The van der Waals surface area contributed by atoms with Crippen molar-refractivity contribution in [1.29, 1.82) is 0 Å². The van der Waals surface area contributed by atoms with Gasteiger partial charge in [0, 0.05) is 29.8 Å². The second kappa shape index (κ2) is 7.00. The van der Waals surface area contributed by atoms with Gasteiger partial charge < -0.3 is 15.2 Å². The highest BCUT2D eigenvalue weighted by atomic mass is 16.5. The lowest BCUT2D eigenvalue weighted by Crippen LogP contribution is -2.24. The van der Waals surface area contributed by atoms with Gasteiger partial charge in [0.25, 0.3) is 5.91 Å². The first-order valence-electron chi connectivity index (χ1n) is 7.67. The first-order chi connectivity index (χ1) is 12.0. The Morgan fingerprint density at radius 1 is 1.16 bits per heavy atom. The molecule has 2 aromatic heterocycles. The summed E-state index contributed by atoms with van der Waals surface area (Å²) in [6, 6.07) is 9.70. The van der Waals surface area contributed by atoms with E-state index in [1.165, 1.54) is 0 Å². The van der Waals surface area contributed by atoms with Gasteiger partial charge in [-0.15, -0.1) is 0 Å². The summed E-state index contributed by atoms with van der Waals surface area (Å²) in [6.45, 7) is 3.48. The second-order valence-corrected chi connectivity index (χ2v) is 5.52. The molecule has 0 aliphatic heterocycles. The molecule has 1 unspecified atom stereocenters. The number of nitrogens with one attached hydrogen (secondary N) is 2. The fourth-order valence-corrected chi connectivity index (χ4v) is 2.21. The van der Waals surface area contributed by atoms with E-state index in [4.69, 9.17) is 4.52 Å². The van der Waals surface area contributed by atoms with Gasteiger partial charge in [-0.3, -0.25) is 14.3 Å². The third-order valence-corrected chi connectivity index (χ3v) is 3.54. The van der Waals surface area contributed by atoms with Gasteiger partial charge in [0.05, 0.1) is 5.69 Å². The van der Waals surface area contributed by atoms with Crippen molar-refractivity contribution in [2.24, 2.45) is 0 Å². The van der Waals surface area contributed by atoms with Gasteiger partial charge in [-0.1, -0.05) is 11.2 Å². The van der Waals surface area contributed by atoms with Crippen LogP contribution in [0.1, 0.15) is 29.2 Å². The van der Waals surface area contributed by atoms with Crippen LogP contribution in [0.4, 0.5) is 11.4 Å². The zero-order valence-corrected chi connectivity index (χ0v) is 13.8. The molecule has 2 N–H and O–H groups in total.